The molecule has 2 aromatic heterocycles. The van der Waals surface area contributed by atoms with Gasteiger partial charge in [-0.1, -0.05) is 6.07 Å². The third-order valence-corrected chi connectivity index (χ3v) is 3.56. The van der Waals surface area contributed by atoms with E-state index in [0.717, 1.165) is 23.6 Å². The van der Waals surface area contributed by atoms with E-state index in [2.05, 4.69) is 14.7 Å². The maximum absolute atomic E-state index is 13.6. The zero-order chi connectivity index (χ0) is 18.4. The second kappa shape index (κ2) is 5.68. The molecule has 9 heteroatoms. The highest BCUT2D eigenvalue weighted by Crippen LogP contribution is 2.31. The minimum Gasteiger partial charge on any atom is -0.406 e. The average Bonchev–Trinajstić information content (AvgIpc) is 2.88. The zero-order valence-corrected chi connectivity index (χ0v) is 13.1. The molecular weight excluding hydrogens is 345 g/mol. The van der Waals surface area contributed by atoms with E-state index >= 15 is 0 Å². The van der Waals surface area contributed by atoms with Crippen LogP contribution in [0, 0.1) is 6.92 Å². The molecule has 4 nitrogen and oxygen atoms in total. The Labute approximate surface area is 138 Å². The van der Waals surface area contributed by atoms with Crippen LogP contribution in [0.2, 0.25) is 0 Å². The molecule has 0 fully saturated rings. The number of benzene rings is 1. The van der Waals surface area contributed by atoms with Crippen LogP contribution >= 0.6 is 0 Å². The Hall–Kier alpha value is -2.71. The van der Waals surface area contributed by atoms with Gasteiger partial charge in [-0.05, 0) is 30.2 Å². The van der Waals surface area contributed by atoms with Crippen molar-refractivity contribution in [3.8, 4) is 16.9 Å². The summed E-state index contributed by atoms with van der Waals surface area (Å²) < 4.78 is 69.1. The smallest absolute Gasteiger partial charge is 0.406 e. The first kappa shape index (κ1) is 17.1. The van der Waals surface area contributed by atoms with Gasteiger partial charge in [0.1, 0.15) is 11.4 Å². The highest BCUT2D eigenvalue weighted by molar-refractivity contribution is 5.67. The minimum atomic E-state index is -4.78. The lowest BCUT2D eigenvalue weighted by Crippen LogP contribution is -2.17. The Morgan fingerprint density at radius 3 is 2.32 bits per heavy atom. The number of aromatic nitrogens is 3. The molecule has 0 saturated heterocycles. The zero-order valence-electron chi connectivity index (χ0n) is 13.1. The predicted molar refractivity (Wildman–Crippen MR) is 79.4 cm³/mol. The number of rotatable bonds is 3. The van der Waals surface area contributed by atoms with Crippen molar-refractivity contribution in [1.82, 2.24) is 14.4 Å². The molecule has 0 unspecified atom stereocenters. The van der Waals surface area contributed by atoms with E-state index in [9.17, 15) is 22.0 Å². The topological polar surface area (TPSA) is 39.4 Å². The van der Waals surface area contributed by atoms with Crippen molar-refractivity contribution >= 4 is 5.78 Å². The molecular formula is C16H12F5N3O. The van der Waals surface area contributed by atoms with Gasteiger partial charge < -0.3 is 4.74 Å². The van der Waals surface area contributed by atoms with Gasteiger partial charge in [-0.25, -0.2) is 9.97 Å². The summed E-state index contributed by atoms with van der Waals surface area (Å²) in [7, 11) is 0. The van der Waals surface area contributed by atoms with E-state index in [4.69, 9.17) is 0 Å². The molecule has 0 saturated carbocycles. The lowest BCUT2D eigenvalue weighted by molar-refractivity contribution is -0.274. The van der Waals surface area contributed by atoms with Gasteiger partial charge in [0.25, 0.3) is 5.92 Å². The quantitative estimate of drug-likeness (QED) is 0.637. The third kappa shape index (κ3) is 3.54. The number of nitrogens with zero attached hydrogens (tertiary/aromatic N) is 3. The molecule has 0 aliphatic carbocycles. The van der Waals surface area contributed by atoms with Gasteiger partial charge >= 0.3 is 6.36 Å². The van der Waals surface area contributed by atoms with Crippen LogP contribution in [0.1, 0.15) is 18.2 Å². The number of hydrogen-bond donors (Lipinski definition) is 0. The summed E-state index contributed by atoms with van der Waals surface area (Å²) in [4.78, 5) is 7.85. The van der Waals surface area contributed by atoms with E-state index in [-0.39, 0.29) is 17.2 Å². The molecule has 0 aliphatic heterocycles. The molecule has 0 radical (unpaired) electrons. The minimum absolute atomic E-state index is 0.106. The molecule has 3 rings (SSSR count). The highest BCUT2D eigenvalue weighted by Gasteiger charge is 2.31. The molecule has 3 aromatic rings. The number of imidazole rings is 1. The van der Waals surface area contributed by atoms with Crippen LogP contribution in [0.5, 0.6) is 5.75 Å². The van der Waals surface area contributed by atoms with Crippen LogP contribution in [-0.4, -0.2) is 20.7 Å². The SMILES string of the molecule is Cc1cc(OC(F)(F)F)ccc1-c1cnc2ncc(C(C)(F)F)n2c1. The van der Waals surface area contributed by atoms with Gasteiger partial charge in [0.05, 0.1) is 6.20 Å². The van der Waals surface area contributed by atoms with Crippen molar-refractivity contribution in [3.05, 3.63) is 48.0 Å². The van der Waals surface area contributed by atoms with Crippen molar-refractivity contribution < 1.29 is 26.7 Å². The molecule has 0 N–H and O–H groups in total. The lowest BCUT2D eigenvalue weighted by Gasteiger charge is -2.13. The molecule has 0 spiro atoms. The monoisotopic (exact) mass is 357 g/mol. The fourth-order valence-corrected chi connectivity index (χ4v) is 2.49. The Balaban J connectivity index is 2.04. The lowest BCUT2D eigenvalue weighted by atomic mass is 10.0. The van der Waals surface area contributed by atoms with Gasteiger partial charge in [0.15, 0.2) is 0 Å². The van der Waals surface area contributed by atoms with Crippen LogP contribution in [0.3, 0.4) is 0 Å². The van der Waals surface area contributed by atoms with E-state index < -0.39 is 12.3 Å². The normalized spacial score (nSPS) is 12.6. The molecule has 0 bridgehead atoms. The summed E-state index contributed by atoms with van der Waals surface area (Å²) in [5.41, 5.74) is 1.16. The van der Waals surface area contributed by atoms with Gasteiger partial charge in [0.2, 0.25) is 5.78 Å². The molecule has 132 valence electrons. The Morgan fingerprint density at radius 1 is 1.04 bits per heavy atom. The standard InChI is InChI=1S/C16H12F5N3O/c1-9-5-11(25-16(19,20)21)3-4-12(9)10-6-22-14-23-7-13(15(2,17)18)24(14)8-10/h3-8H,1-2H3. The predicted octanol–water partition coefficient (Wildman–Crippen LogP) is 4.72. The van der Waals surface area contributed by atoms with Crippen molar-refractivity contribution in [1.29, 1.82) is 0 Å². The van der Waals surface area contributed by atoms with Crippen LogP contribution in [0.4, 0.5) is 22.0 Å². The molecule has 0 atom stereocenters. The molecule has 0 amide bonds. The molecule has 1 aromatic carbocycles. The second-order valence-corrected chi connectivity index (χ2v) is 5.57. The number of fused-ring (bicyclic) bond motifs is 1. The van der Waals surface area contributed by atoms with Crippen LogP contribution in [0.25, 0.3) is 16.9 Å². The Kier molecular flexibility index (Phi) is 3.89. The Bertz CT molecular complexity index is 928. The maximum Gasteiger partial charge on any atom is 0.573 e. The number of hydrogen-bond acceptors (Lipinski definition) is 3. The second-order valence-electron chi connectivity index (χ2n) is 5.57. The summed E-state index contributed by atoms with van der Waals surface area (Å²) in [5.74, 6) is -3.36. The van der Waals surface area contributed by atoms with Crippen LogP contribution in [-0.2, 0) is 5.92 Å². The van der Waals surface area contributed by atoms with Gasteiger partial charge in [0, 0.05) is 24.9 Å². The first-order valence-electron chi connectivity index (χ1n) is 7.13. The maximum atomic E-state index is 13.6. The number of alkyl halides is 5. The Morgan fingerprint density at radius 2 is 1.72 bits per heavy atom. The van der Waals surface area contributed by atoms with Crippen LogP contribution in [0.15, 0.2) is 36.8 Å². The summed E-state index contributed by atoms with van der Waals surface area (Å²) in [6.07, 6.45) is -0.896. The fourth-order valence-electron chi connectivity index (χ4n) is 2.49. The van der Waals surface area contributed by atoms with E-state index in [0.29, 0.717) is 16.7 Å². The van der Waals surface area contributed by atoms with E-state index in [1.165, 1.54) is 24.5 Å². The summed E-state index contributed by atoms with van der Waals surface area (Å²) in [6, 6.07) is 3.79. The van der Waals surface area contributed by atoms with Gasteiger partial charge in [-0.15, -0.1) is 13.2 Å². The number of ether oxygens (including phenoxy) is 1. The summed E-state index contributed by atoms with van der Waals surface area (Å²) in [6.45, 7) is 2.34. The van der Waals surface area contributed by atoms with Gasteiger partial charge in [-0.2, -0.15) is 8.78 Å². The molecule has 2 heterocycles. The van der Waals surface area contributed by atoms with Crippen molar-refractivity contribution in [2.24, 2.45) is 0 Å². The summed E-state index contributed by atoms with van der Waals surface area (Å²) in [5, 5.41) is 0. The van der Waals surface area contributed by atoms with Crippen molar-refractivity contribution in [3.63, 3.8) is 0 Å². The van der Waals surface area contributed by atoms with Crippen molar-refractivity contribution in [2.75, 3.05) is 0 Å². The largest absolute Gasteiger partial charge is 0.573 e. The van der Waals surface area contributed by atoms with Crippen molar-refractivity contribution in [2.45, 2.75) is 26.1 Å². The van der Waals surface area contributed by atoms with Crippen LogP contribution < -0.4 is 4.74 Å². The number of aryl methyl sites for hydroxylation is 1. The number of halogens is 5. The van der Waals surface area contributed by atoms with E-state index in [1.807, 2.05) is 0 Å². The third-order valence-electron chi connectivity index (χ3n) is 3.56. The molecule has 0 aliphatic rings. The average molecular weight is 357 g/mol. The first-order valence-corrected chi connectivity index (χ1v) is 7.13. The van der Waals surface area contributed by atoms with E-state index in [1.54, 1.807) is 6.92 Å². The van der Waals surface area contributed by atoms with Gasteiger partial charge in [-0.3, -0.25) is 4.40 Å². The molecule has 25 heavy (non-hydrogen) atoms. The summed E-state index contributed by atoms with van der Waals surface area (Å²) >= 11 is 0. The highest BCUT2D eigenvalue weighted by atomic mass is 19.4. The first-order chi connectivity index (χ1) is 11.5. The fraction of sp³-hybridized carbons (Fsp3) is 0.250.